The lowest BCUT2D eigenvalue weighted by molar-refractivity contribution is 0.0546. The lowest BCUT2D eigenvalue weighted by Crippen LogP contribution is -2.39. The molecule has 0 radical (unpaired) electrons. The summed E-state index contributed by atoms with van der Waals surface area (Å²) in [5.74, 6) is 0.692. The molecule has 0 saturated heterocycles. The van der Waals surface area contributed by atoms with E-state index in [-0.39, 0.29) is 12.4 Å². The number of benzene rings is 1. The maximum absolute atomic E-state index is 11.3. The zero-order valence-electron chi connectivity index (χ0n) is 15.4. The molecule has 1 aromatic carbocycles. The minimum absolute atomic E-state index is 0.0306. The Morgan fingerprint density at radius 1 is 1.24 bits per heavy atom. The molecule has 0 spiro atoms. The summed E-state index contributed by atoms with van der Waals surface area (Å²) < 4.78 is 5.66. The number of aliphatic hydroxyl groups is 1. The van der Waals surface area contributed by atoms with Gasteiger partial charge in [-0.3, -0.25) is 9.69 Å². The molecule has 1 unspecified atom stereocenters. The highest BCUT2D eigenvalue weighted by Gasteiger charge is 2.17. The molecule has 1 N–H and O–H groups in total. The lowest BCUT2D eigenvalue weighted by atomic mass is 10.1. The minimum atomic E-state index is -0.574. The smallest absolute Gasteiger partial charge is 0.159 e. The fraction of sp³-hybridized carbons (Fsp3) is 0.450. The molecule has 2 rings (SSSR count). The number of Topliss-reactive ketones (excluding diaryl/α,β-unsaturated/α-hetero) is 1. The molecule has 1 aromatic heterocycles. The van der Waals surface area contributed by atoms with Crippen molar-refractivity contribution in [1.82, 2.24) is 4.90 Å². The van der Waals surface area contributed by atoms with Gasteiger partial charge in [-0.25, -0.2) is 0 Å². The van der Waals surface area contributed by atoms with Crippen LogP contribution in [0, 0.1) is 6.92 Å². The molecular weight excluding hydrogens is 334 g/mol. The monoisotopic (exact) mass is 361 g/mol. The number of nitrogens with zero attached hydrogens (tertiary/aromatic N) is 1. The number of aliphatic hydroxyl groups excluding tert-OH is 1. The molecule has 136 valence electrons. The Morgan fingerprint density at radius 2 is 1.92 bits per heavy atom. The number of rotatable bonds is 9. The highest BCUT2D eigenvalue weighted by Crippen LogP contribution is 2.19. The van der Waals surface area contributed by atoms with E-state index >= 15 is 0 Å². The Labute approximate surface area is 154 Å². The third-order valence-electron chi connectivity index (χ3n) is 4.19. The van der Waals surface area contributed by atoms with Crippen molar-refractivity contribution in [2.24, 2.45) is 0 Å². The molecule has 1 atom stereocenters. The van der Waals surface area contributed by atoms with Gasteiger partial charge in [0.05, 0.1) is 0 Å². The van der Waals surface area contributed by atoms with Crippen molar-refractivity contribution in [1.29, 1.82) is 0 Å². The quantitative estimate of drug-likeness (QED) is 0.688. The Balaban J connectivity index is 1.87. The average Bonchev–Trinajstić information content (AvgIpc) is 2.97. The van der Waals surface area contributed by atoms with Crippen molar-refractivity contribution in [3.05, 3.63) is 51.7 Å². The number of carbonyl (C=O) groups is 1. The predicted octanol–water partition coefficient (Wildman–Crippen LogP) is 3.91. The summed E-state index contributed by atoms with van der Waals surface area (Å²) in [6.07, 6.45) is -0.574. The van der Waals surface area contributed by atoms with E-state index in [0.717, 1.165) is 6.54 Å². The standard InChI is InChI=1S/C20H27NO3S/c1-14(2)21(12-20-15(3)9-10-25-20)11-18(23)13-24-19-7-5-17(6-8-19)16(4)22/h5-10,14,18,23H,11-13H2,1-4H3. The maximum Gasteiger partial charge on any atom is 0.159 e. The van der Waals surface area contributed by atoms with Gasteiger partial charge in [0, 0.05) is 29.6 Å². The van der Waals surface area contributed by atoms with Crippen LogP contribution in [0.15, 0.2) is 35.7 Å². The number of hydrogen-bond acceptors (Lipinski definition) is 5. The van der Waals surface area contributed by atoms with E-state index in [1.54, 1.807) is 35.6 Å². The minimum Gasteiger partial charge on any atom is -0.491 e. The number of aryl methyl sites for hydroxylation is 1. The van der Waals surface area contributed by atoms with Gasteiger partial charge in [-0.1, -0.05) is 0 Å². The number of ether oxygens (including phenoxy) is 1. The van der Waals surface area contributed by atoms with Crippen LogP contribution >= 0.6 is 11.3 Å². The third-order valence-corrected chi connectivity index (χ3v) is 5.20. The average molecular weight is 362 g/mol. The summed E-state index contributed by atoms with van der Waals surface area (Å²) in [6.45, 7) is 9.55. The number of thiophene rings is 1. The van der Waals surface area contributed by atoms with Gasteiger partial charge < -0.3 is 9.84 Å². The summed E-state index contributed by atoms with van der Waals surface area (Å²) >= 11 is 1.75. The van der Waals surface area contributed by atoms with Crippen molar-refractivity contribution < 1.29 is 14.6 Å². The van der Waals surface area contributed by atoms with Gasteiger partial charge in [0.15, 0.2) is 5.78 Å². The fourth-order valence-electron chi connectivity index (χ4n) is 2.51. The third kappa shape index (κ3) is 5.96. The fourth-order valence-corrected chi connectivity index (χ4v) is 3.44. The Bertz CT molecular complexity index is 679. The summed E-state index contributed by atoms with van der Waals surface area (Å²) in [4.78, 5) is 14.9. The van der Waals surface area contributed by atoms with Gasteiger partial charge in [0.25, 0.3) is 0 Å². The second kappa shape index (κ2) is 9.13. The molecule has 0 fully saturated rings. The van der Waals surface area contributed by atoms with Gasteiger partial charge in [-0.05, 0) is 69.0 Å². The van der Waals surface area contributed by atoms with Crippen LogP contribution in [-0.2, 0) is 6.54 Å². The van der Waals surface area contributed by atoms with Crippen LogP contribution in [-0.4, -0.2) is 41.1 Å². The molecule has 0 saturated carbocycles. The first-order chi connectivity index (χ1) is 11.9. The summed E-state index contributed by atoms with van der Waals surface area (Å²) in [5.41, 5.74) is 1.96. The van der Waals surface area contributed by atoms with Gasteiger partial charge in [0.1, 0.15) is 18.5 Å². The maximum atomic E-state index is 11.3. The van der Waals surface area contributed by atoms with Gasteiger partial charge >= 0.3 is 0 Å². The first kappa shape index (κ1) is 19.6. The zero-order chi connectivity index (χ0) is 18.4. The molecule has 25 heavy (non-hydrogen) atoms. The Kier molecular flexibility index (Phi) is 7.17. The Hall–Kier alpha value is -1.69. The number of ketones is 1. The van der Waals surface area contributed by atoms with E-state index in [1.807, 2.05) is 0 Å². The molecule has 0 aliphatic heterocycles. The van der Waals surface area contributed by atoms with E-state index in [1.165, 1.54) is 17.4 Å². The summed E-state index contributed by atoms with van der Waals surface area (Å²) in [5, 5.41) is 12.5. The van der Waals surface area contributed by atoms with Crippen molar-refractivity contribution in [2.45, 2.75) is 46.4 Å². The normalized spacial score (nSPS) is 12.6. The van der Waals surface area contributed by atoms with E-state index in [0.29, 0.717) is 23.9 Å². The second-order valence-corrected chi connectivity index (χ2v) is 7.60. The van der Waals surface area contributed by atoms with Gasteiger partial charge in [-0.2, -0.15) is 0 Å². The topological polar surface area (TPSA) is 49.8 Å². The predicted molar refractivity (Wildman–Crippen MR) is 103 cm³/mol. The highest BCUT2D eigenvalue weighted by molar-refractivity contribution is 7.10. The highest BCUT2D eigenvalue weighted by atomic mass is 32.1. The molecule has 0 bridgehead atoms. The van der Waals surface area contributed by atoms with Crippen molar-refractivity contribution in [3.8, 4) is 5.75 Å². The molecule has 0 amide bonds. The van der Waals surface area contributed by atoms with Crippen LogP contribution in [0.1, 0.15) is 41.6 Å². The van der Waals surface area contributed by atoms with E-state index in [9.17, 15) is 9.90 Å². The number of hydrogen-bond donors (Lipinski definition) is 1. The zero-order valence-corrected chi connectivity index (χ0v) is 16.2. The first-order valence-electron chi connectivity index (χ1n) is 8.55. The van der Waals surface area contributed by atoms with Gasteiger partial charge in [-0.15, -0.1) is 11.3 Å². The molecule has 0 aliphatic carbocycles. The van der Waals surface area contributed by atoms with E-state index in [4.69, 9.17) is 4.74 Å². The van der Waals surface area contributed by atoms with E-state index in [2.05, 4.69) is 37.1 Å². The van der Waals surface area contributed by atoms with Gasteiger partial charge in [0.2, 0.25) is 0 Å². The molecular formula is C20H27NO3S. The van der Waals surface area contributed by atoms with Crippen LogP contribution in [0.4, 0.5) is 0 Å². The first-order valence-corrected chi connectivity index (χ1v) is 9.43. The van der Waals surface area contributed by atoms with Crippen molar-refractivity contribution in [2.75, 3.05) is 13.2 Å². The van der Waals surface area contributed by atoms with Crippen molar-refractivity contribution >= 4 is 17.1 Å². The molecule has 2 aromatic rings. The molecule has 0 aliphatic rings. The number of carbonyl (C=O) groups excluding carboxylic acids is 1. The van der Waals surface area contributed by atoms with E-state index < -0.39 is 6.10 Å². The van der Waals surface area contributed by atoms with Crippen LogP contribution < -0.4 is 4.74 Å². The molecule has 5 heteroatoms. The second-order valence-electron chi connectivity index (χ2n) is 6.60. The Morgan fingerprint density at radius 3 is 2.44 bits per heavy atom. The SMILES string of the molecule is CC(=O)c1ccc(OCC(O)CN(Cc2sccc2C)C(C)C)cc1. The summed E-state index contributed by atoms with van der Waals surface area (Å²) in [6, 6.07) is 9.47. The van der Waals surface area contributed by atoms with Crippen LogP contribution in [0.2, 0.25) is 0 Å². The summed E-state index contributed by atoms with van der Waals surface area (Å²) in [7, 11) is 0. The van der Waals surface area contributed by atoms with Crippen LogP contribution in [0.3, 0.4) is 0 Å². The van der Waals surface area contributed by atoms with Crippen molar-refractivity contribution in [3.63, 3.8) is 0 Å². The van der Waals surface area contributed by atoms with Crippen LogP contribution in [0.25, 0.3) is 0 Å². The largest absolute Gasteiger partial charge is 0.491 e. The molecule has 4 nitrogen and oxygen atoms in total. The molecule has 1 heterocycles. The lowest BCUT2D eigenvalue weighted by Gasteiger charge is -2.28. The van der Waals surface area contributed by atoms with Crippen LogP contribution in [0.5, 0.6) is 5.75 Å².